The first-order valence-corrected chi connectivity index (χ1v) is 12.1. The predicted molar refractivity (Wildman–Crippen MR) is 136 cm³/mol. The lowest BCUT2D eigenvalue weighted by molar-refractivity contribution is -0.139. The number of pyridine rings is 1. The molecule has 7 nitrogen and oxygen atoms in total. The van der Waals surface area contributed by atoms with Gasteiger partial charge in [-0.05, 0) is 35.9 Å². The van der Waals surface area contributed by atoms with Crippen molar-refractivity contribution >= 4 is 40.1 Å². The van der Waals surface area contributed by atoms with Gasteiger partial charge in [-0.2, -0.15) is 0 Å². The van der Waals surface area contributed by atoms with E-state index in [1.54, 1.807) is 43.5 Å². The third-order valence-corrected chi connectivity index (χ3v) is 6.95. The van der Waals surface area contributed by atoms with Gasteiger partial charge < -0.3 is 15.1 Å². The Bertz CT molecular complexity index is 1230. The Kier molecular flexibility index (Phi) is 7.66. The molecule has 1 fully saturated rings. The second-order valence-electron chi connectivity index (χ2n) is 8.87. The minimum atomic E-state index is -0.665. The normalized spacial score (nSPS) is 16.2. The van der Waals surface area contributed by atoms with Gasteiger partial charge >= 0.3 is 0 Å². The summed E-state index contributed by atoms with van der Waals surface area (Å²) in [5.74, 6) is -0.526. The lowest BCUT2D eigenvalue weighted by Crippen LogP contribution is -2.49. The van der Waals surface area contributed by atoms with E-state index in [9.17, 15) is 14.4 Å². The van der Waals surface area contributed by atoms with E-state index in [1.165, 1.54) is 4.90 Å². The lowest BCUT2D eigenvalue weighted by Gasteiger charge is -2.30. The minimum absolute atomic E-state index is 0.115. The molecule has 2 heterocycles. The topological polar surface area (TPSA) is 82.6 Å². The zero-order valence-electron chi connectivity index (χ0n) is 19.9. The molecule has 1 aromatic heterocycles. The molecule has 1 saturated heterocycles. The Morgan fingerprint density at radius 1 is 1.14 bits per heavy atom. The van der Waals surface area contributed by atoms with E-state index >= 15 is 0 Å². The highest BCUT2D eigenvalue weighted by Crippen LogP contribution is 2.26. The molecule has 1 aliphatic heterocycles. The van der Waals surface area contributed by atoms with Crippen LogP contribution in [0.25, 0.3) is 10.8 Å². The monoisotopic (exact) mass is 492 g/mol. The highest BCUT2D eigenvalue weighted by molar-refractivity contribution is 6.30. The third-order valence-electron chi connectivity index (χ3n) is 6.70. The number of hydrogen-bond donors (Lipinski definition) is 1. The van der Waals surface area contributed by atoms with Crippen LogP contribution in [0.5, 0.6) is 0 Å². The predicted octanol–water partition coefficient (Wildman–Crippen LogP) is 3.70. The molecule has 182 valence electrons. The summed E-state index contributed by atoms with van der Waals surface area (Å²) < 4.78 is 0. The second kappa shape index (κ2) is 10.9. The molecular weight excluding hydrogens is 464 g/mol. The van der Waals surface area contributed by atoms with Crippen LogP contribution in [-0.4, -0.2) is 65.2 Å². The maximum absolute atomic E-state index is 13.5. The van der Waals surface area contributed by atoms with Gasteiger partial charge in [0.2, 0.25) is 11.8 Å². The van der Waals surface area contributed by atoms with Gasteiger partial charge in [-0.25, -0.2) is 0 Å². The third kappa shape index (κ3) is 5.46. The molecule has 1 aliphatic rings. The van der Waals surface area contributed by atoms with E-state index in [-0.39, 0.29) is 30.2 Å². The molecule has 2 aromatic carbocycles. The molecule has 3 aromatic rings. The van der Waals surface area contributed by atoms with Crippen molar-refractivity contribution in [2.45, 2.75) is 37.8 Å². The van der Waals surface area contributed by atoms with Crippen LogP contribution < -0.4 is 5.32 Å². The fraction of sp³-hybridized carbons (Fsp3) is 0.333. The summed E-state index contributed by atoms with van der Waals surface area (Å²) in [7, 11) is 3.21. The number of rotatable bonds is 7. The molecule has 3 amide bonds. The van der Waals surface area contributed by atoms with Gasteiger partial charge in [-0.15, -0.1) is 0 Å². The van der Waals surface area contributed by atoms with E-state index in [4.69, 9.17) is 11.6 Å². The van der Waals surface area contributed by atoms with E-state index in [0.717, 1.165) is 29.2 Å². The van der Waals surface area contributed by atoms with Gasteiger partial charge in [0, 0.05) is 62.3 Å². The maximum atomic E-state index is 13.5. The molecule has 0 unspecified atom stereocenters. The summed E-state index contributed by atoms with van der Waals surface area (Å²) in [5.41, 5.74) is 1.45. The summed E-state index contributed by atoms with van der Waals surface area (Å²) in [6, 6.07) is 14.0. The van der Waals surface area contributed by atoms with Gasteiger partial charge in [-0.1, -0.05) is 48.0 Å². The van der Waals surface area contributed by atoms with Crippen molar-refractivity contribution in [2.24, 2.45) is 0 Å². The number of aromatic nitrogens is 1. The largest absolute Gasteiger partial charge is 0.357 e. The molecule has 35 heavy (non-hydrogen) atoms. The number of carbonyl (C=O) groups is 3. The lowest BCUT2D eigenvalue weighted by atomic mass is 10.0. The number of fused-ring (bicyclic) bond motifs is 1. The quantitative estimate of drug-likeness (QED) is 0.545. The van der Waals surface area contributed by atoms with Gasteiger partial charge in [0.15, 0.2) is 0 Å². The van der Waals surface area contributed by atoms with Crippen molar-refractivity contribution < 1.29 is 14.4 Å². The van der Waals surface area contributed by atoms with Crippen LogP contribution in [0.2, 0.25) is 5.02 Å². The summed E-state index contributed by atoms with van der Waals surface area (Å²) in [6.07, 6.45) is 5.44. The molecular formula is C27H29ClN4O3. The number of hydrogen-bond acceptors (Lipinski definition) is 4. The number of nitrogens with zero attached hydrogens (tertiary/aromatic N) is 3. The van der Waals surface area contributed by atoms with Crippen molar-refractivity contribution in [1.29, 1.82) is 0 Å². The number of halogens is 1. The number of benzene rings is 2. The highest BCUT2D eigenvalue weighted by Gasteiger charge is 2.34. The number of likely N-dealkylation sites (tertiary alicyclic amines) is 1. The number of nitrogens with one attached hydrogen (secondary N) is 1. The van der Waals surface area contributed by atoms with E-state index in [0.29, 0.717) is 23.6 Å². The van der Waals surface area contributed by atoms with Gasteiger partial charge in [-0.3, -0.25) is 19.4 Å². The average molecular weight is 493 g/mol. The van der Waals surface area contributed by atoms with Gasteiger partial charge in [0.25, 0.3) is 5.91 Å². The zero-order valence-corrected chi connectivity index (χ0v) is 20.7. The van der Waals surface area contributed by atoms with Crippen molar-refractivity contribution in [3.63, 3.8) is 0 Å². The minimum Gasteiger partial charge on any atom is -0.357 e. The Hall–Kier alpha value is -3.45. The van der Waals surface area contributed by atoms with Crippen LogP contribution in [0.15, 0.2) is 60.9 Å². The summed E-state index contributed by atoms with van der Waals surface area (Å²) in [6.45, 7) is 0.591. The van der Waals surface area contributed by atoms with Gasteiger partial charge in [0.05, 0.1) is 5.56 Å². The SMILES string of the molecule is CNC(=O)[C@@H](Cc1ccc(Cl)cc1)N(C)C(=O)C[C@H]1CCCN1C(=O)c1cncc2ccccc12. The van der Waals surface area contributed by atoms with Crippen LogP contribution in [0.4, 0.5) is 0 Å². The number of carbonyl (C=O) groups excluding carboxylic acids is 3. The Balaban J connectivity index is 1.49. The van der Waals surface area contributed by atoms with Crippen molar-refractivity contribution in [3.05, 3.63) is 77.1 Å². The molecule has 4 rings (SSSR count). The molecule has 8 heteroatoms. The van der Waals surface area contributed by atoms with Gasteiger partial charge in [0.1, 0.15) is 6.04 Å². The maximum Gasteiger partial charge on any atom is 0.256 e. The van der Waals surface area contributed by atoms with Crippen LogP contribution in [0.3, 0.4) is 0 Å². The molecule has 0 aliphatic carbocycles. The number of amides is 3. The van der Waals surface area contributed by atoms with Crippen molar-refractivity contribution in [3.8, 4) is 0 Å². The van der Waals surface area contributed by atoms with E-state index < -0.39 is 6.04 Å². The first-order valence-electron chi connectivity index (χ1n) is 11.7. The Morgan fingerprint density at radius 3 is 2.63 bits per heavy atom. The van der Waals surface area contributed by atoms with Crippen LogP contribution in [-0.2, 0) is 16.0 Å². The molecule has 0 spiro atoms. The summed E-state index contributed by atoms with van der Waals surface area (Å²) in [4.78, 5) is 46.9. The Labute approximate surface area is 210 Å². The standard InChI is InChI=1S/C27H29ClN4O3/c1-29-26(34)24(14-18-9-11-20(28)12-10-18)31(2)25(33)15-21-7-5-13-32(21)27(35)23-17-30-16-19-6-3-4-8-22(19)23/h3-4,6,8-12,16-17,21,24H,5,7,13-15H2,1-2H3,(H,29,34)/t21-,24-/m1/s1. The van der Waals surface area contributed by atoms with Crippen molar-refractivity contribution in [1.82, 2.24) is 20.1 Å². The van der Waals surface area contributed by atoms with Crippen LogP contribution in [0.1, 0.15) is 35.2 Å². The van der Waals surface area contributed by atoms with Crippen LogP contribution >= 0.6 is 11.6 Å². The van der Waals surface area contributed by atoms with Crippen molar-refractivity contribution in [2.75, 3.05) is 20.6 Å². The number of likely N-dealkylation sites (N-methyl/N-ethyl adjacent to an activating group) is 2. The first kappa shape index (κ1) is 24.7. The van der Waals surface area contributed by atoms with E-state index in [2.05, 4.69) is 10.3 Å². The highest BCUT2D eigenvalue weighted by atomic mass is 35.5. The molecule has 2 atom stereocenters. The fourth-order valence-corrected chi connectivity index (χ4v) is 4.82. The molecule has 0 saturated carbocycles. The molecule has 1 N–H and O–H groups in total. The molecule has 0 radical (unpaired) electrons. The summed E-state index contributed by atoms with van der Waals surface area (Å²) >= 11 is 5.98. The zero-order chi connectivity index (χ0) is 24.9. The first-order chi connectivity index (χ1) is 16.9. The summed E-state index contributed by atoms with van der Waals surface area (Å²) in [5, 5.41) is 5.03. The fourth-order valence-electron chi connectivity index (χ4n) is 4.69. The smallest absolute Gasteiger partial charge is 0.256 e. The second-order valence-corrected chi connectivity index (χ2v) is 9.31. The average Bonchev–Trinajstić information content (AvgIpc) is 3.34. The van der Waals surface area contributed by atoms with Crippen LogP contribution in [0, 0.1) is 0 Å². The van der Waals surface area contributed by atoms with E-state index in [1.807, 2.05) is 36.4 Å². The molecule has 0 bridgehead atoms. The Morgan fingerprint density at radius 2 is 1.89 bits per heavy atom.